The van der Waals surface area contributed by atoms with Gasteiger partial charge in [0.05, 0.1) is 24.4 Å². The van der Waals surface area contributed by atoms with Gasteiger partial charge in [0.25, 0.3) is 5.91 Å². The summed E-state index contributed by atoms with van der Waals surface area (Å²) in [7, 11) is 0. The lowest BCUT2D eigenvalue weighted by Crippen LogP contribution is -2.46. The molecule has 1 aromatic carbocycles. The molecule has 1 N–H and O–H groups in total. The molecule has 29 heavy (non-hydrogen) atoms. The molecule has 7 nitrogen and oxygen atoms in total. The first-order valence-electron chi connectivity index (χ1n) is 9.59. The summed E-state index contributed by atoms with van der Waals surface area (Å²) in [6.45, 7) is 5.36. The van der Waals surface area contributed by atoms with Gasteiger partial charge >= 0.3 is 6.09 Å². The first-order chi connectivity index (χ1) is 13.9. The Morgan fingerprint density at radius 2 is 1.93 bits per heavy atom. The number of amides is 2. The van der Waals surface area contributed by atoms with E-state index in [0.29, 0.717) is 55.4 Å². The number of likely N-dealkylation sites (tertiary alicyclic amines) is 1. The van der Waals surface area contributed by atoms with Gasteiger partial charge in [0.1, 0.15) is 5.15 Å². The molecule has 1 aromatic heterocycles. The molecule has 1 fully saturated rings. The van der Waals surface area contributed by atoms with E-state index in [1.165, 1.54) is 0 Å². The molecular weight excluding hydrogens is 415 g/mol. The van der Waals surface area contributed by atoms with Gasteiger partial charge in [-0.25, -0.2) is 9.48 Å². The van der Waals surface area contributed by atoms with Crippen molar-refractivity contribution in [1.29, 1.82) is 0 Å². The van der Waals surface area contributed by atoms with Crippen LogP contribution in [0.3, 0.4) is 0 Å². The van der Waals surface area contributed by atoms with Gasteiger partial charge in [-0.15, -0.1) is 0 Å². The largest absolute Gasteiger partial charge is 0.450 e. The summed E-state index contributed by atoms with van der Waals surface area (Å²) in [5, 5.41) is 8.33. The quantitative estimate of drug-likeness (QED) is 0.767. The minimum atomic E-state index is -0.308. The second kappa shape index (κ2) is 9.50. The average molecular weight is 439 g/mol. The third-order valence-electron chi connectivity index (χ3n) is 4.93. The van der Waals surface area contributed by atoms with Crippen LogP contribution in [0.15, 0.2) is 24.3 Å². The highest BCUT2D eigenvalue weighted by Crippen LogP contribution is 2.24. The zero-order chi connectivity index (χ0) is 21.0. The van der Waals surface area contributed by atoms with Crippen LogP contribution in [0, 0.1) is 6.92 Å². The van der Waals surface area contributed by atoms with Gasteiger partial charge < -0.3 is 15.0 Å². The standard InChI is InChI=1S/C20H24Cl2N4O3/c1-3-29-20(28)25-10-8-15(9-11-25)23-19(27)17-13(2)24-26(18(17)22)12-14-6-4-5-7-16(14)21/h4-7,15H,3,8-12H2,1-2H3,(H,23,27). The molecule has 0 radical (unpaired) electrons. The zero-order valence-corrected chi connectivity index (χ0v) is 18.0. The lowest BCUT2D eigenvalue weighted by atomic mass is 10.0. The summed E-state index contributed by atoms with van der Waals surface area (Å²) < 4.78 is 6.60. The summed E-state index contributed by atoms with van der Waals surface area (Å²) >= 11 is 12.7. The fraction of sp³-hybridized carbons (Fsp3) is 0.450. The number of aryl methyl sites for hydroxylation is 1. The topological polar surface area (TPSA) is 76.5 Å². The van der Waals surface area contributed by atoms with E-state index >= 15 is 0 Å². The van der Waals surface area contributed by atoms with E-state index in [-0.39, 0.29) is 23.2 Å². The maximum Gasteiger partial charge on any atom is 0.409 e. The van der Waals surface area contributed by atoms with Gasteiger partial charge in [-0.2, -0.15) is 5.10 Å². The Balaban J connectivity index is 1.64. The van der Waals surface area contributed by atoms with Gasteiger partial charge in [0.2, 0.25) is 0 Å². The average Bonchev–Trinajstić information content (AvgIpc) is 2.97. The van der Waals surface area contributed by atoms with Crippen molar-refractivity contribution in [3.8, 4) is 0 Å². The van der Waals surface area contributed by atoms with Gasteiger partial charge in [-0.3, -0.25) is 4.79 Å². The number of aromatic nitrogens is 2. The highest BCUT2D eigenvalue weighted by molar-refractivity contribution is 6.33. The molecule has 1 saturated heterocycles. The Kier molecular flexibility index (Phi) is 7.03. The third kappa shape index (κ3) is 5.03. The van der Waals surface area contributed by atoms with E-state index in [9.17, 15) is 9.59 Å². The Morgan fingerprint density at radius 3 is 2.59 bits per heavy atom. The molecule has 156 valence electrons. The molecule has 1 aliphatic rings. The summed E-state index contributed by atoms with van der Waals surface area (Å²) in [6.07, 6.45) is 1.02. The number of benzene rings is 1. The fourth-order valence-corrected chi connectivity index (χ4v) is 3.90. The van der Waals surface area contributed by atoms with E-state index in [4.69, 9.17) is 27.9 Å². The van der Waals surface area contributed by atoms with Gasteiger partial charge in [0, 0.05) is 24.2 Å². The van der Waals surface area contributed by atoms with Crippen molar-refractivity contribution in [2.24, 2.45) is 0 Å². The first-order valence-corrected chi connectivity index (χ1v) is 10.3. The van der Waals surface area contributed by atoms with E-state index in [0.717, 1.165) is 5.56 Å². The van der Waals surface area contributed by atoms with Gasteiger partial charge in [-0.05, 0) is 38.3 Å². The summed E-state index contributed by atoms with van der Waals surface area (Å²) in [4.78, 5) is 26.3. The maximum atomic E-state index is 12.8. The van der Waals surface area contributed by atoms with Crippen LogP contribution in [-0.4, -0.2) is 52.4 Å². The molecule has 2 heterocycles. The number of hydrogen-bond acceptors (Lipinski definition) is 4. The molecule has 0 atom stereocenters. The second-order valence-electron chi connectivity index (χ2n) is 6.93. The molecule has 0 spiro atoms. The highest BCUT2D eigenvalue weighted by Gasteiger charge is 2.27. The van der Waals surface area contributed by atoms with Crippen molar-refractivity contribution < 1.29 is 14.3 Å². The van der Waals surface area contributed by atoms with Crippen molar-refractivity contribution in [2.45, 2.75) is 39.3 Å². The smallest absolute Gasteiger partial charge is 0.409 e. The number of rotatable bonds is 5. The first kappa shape index (κ1) is 21.5. The molecule has 0 aliphatic carbocycles. The Bertz CT molecular complexity index is 892. The van der Waals surface area contributed by atoms with Crippen LogP contribution >= 0.6 is 23.2 Å². The monoisotopic (exact) mass is 438 g/mol. The molecular formula is C20H24Cl2N4O3. The van der Waals surface area contributed by atoms with Crippen molar-refractivity contribution >= 4 is 35.2 Å². The van der Waals surface area contributed by atoms with Gasteiger partial charge in [-0.1, -0.05) is 41.4 Å². The van der Waals surface area contributed by atoms with Crippen LogP contribution in [0.1, 0.15) is 41.4 Å². The summed E-state index contributed by atoms with van der Waals surface area (Å²) in [6, 6.07) is 7.41. The van der Waals surface area contributed by atoms with E-state index in [1.54, 1.807) is 29.5 Å². The summed E-state index contributed by atoms with van der Waals surface area (Å²) in [5.74, 6) is -0.257. The number of carbonyl (C=O) groups is 2. The normalized spacial score (nSPS) is 14.7. The summed E-state index contributed by atoms with van der Waals surface area (Å²) in [5.41, 5.74) is 1.80. The Labute approximate surface area is 179 Å². The fourth-order valence-electron chi connectivity index (χ4n) is 3.38. The molecule has 9 heteroatoms. The number of piperidine rings is 1. The van der Waals surface area contributed by atoms with Crippen LogP contribution in [0.5, 0.6) is 0 Å². The molecule has 1 aliphatic heterocycles. The number of carbonyl (C=O) groups excluding carboxylic acids is 2. The lowest BCUT2D eigenvalue weighted by molar-refractivity contribution is 0.0860. The second-order valence-corrected chi connectivity index (χ2v) is 7.70. The molecule has 0 unspecified atom stereocenters. The van der Waals surface area contributed by atoms with Crippen molar-refractivity contribution in [1.82, 2.24) is 20.0 Å². The number of nitrogens with zero attached hydrogens (tertiary/aromatic N) is 3. The predicted molar refractivity (Wildman–Crippen MR) is 112 cm³/mol. The van der Waals surface area contributed by atoms with Crippen molar-refractivity contribution in [3.63, 3.8) is 0 Å². The molecule has 3 rings (SSSR count). The number of hydrogen-bond donors (Lipinski definition) is 1. The van der Waals surface area contributed by atoms with Gasteiger partial charge in [0.15, 0.2) is 0 Å². The highest BCUT2D eigenvalue weighted by atomic mass is 35.5. The number of nitrogens with one attached hydrogen (secondary N) is 1. The number of halogens is 2. The van der Waals surface area contributed by atoms with Crippen LogP contribution in [0.4, 0.5) is 4.79 Å². The Hall–Kier alpha value is -2.25. The zero-order valence-electron chi connectivity index (χ0n) is 16.5. The minimum absolute atomic E-state index is 0.0319. The van der Waals surface area contributed by atoms with E-state index in [2.05, 4.69) is 10.4 Å². The van der Waals surface area contributed by atoms with Crippen LogP contribution in [-0.2, 0) is 11.3 Å². The third-order valence-corrected chi connectivity index (χ3v) is 5.68. The Morgan fingerprint density at radius 1 is 1.24 bits per heavy atom. The number of ether oxygens (including phenoxy) is 1. The van der Waals surface area contributed by atoms with E-state index in [1.807, 2.05) is 18.2 Å². The minimum Gasteiger partial charge on any atom is -0.450 e. The molecule has 2 amide bonds. The van der Waals surface area contributed by atoms with Crippen LogP contribution < -0.4 is 5.32 Å². The van der Waals surface area contributed by atoms with Crippen molar-refractivity contribution in [2.75, 3.05) is 19.7 Å². The van der Waals surface area contributed by atoms with Crippen LogP contribution in [0.25, 0.3) is 0 Å². The predicted octanol–water partition coefficient (Wildman–Crippen LogP) is 3.90. The molecule has 0 saturated carbocycles. The molecule has 2 aromatic rings. The molecule has 0 bridgehead atoms. The maximum absolute atomic E-state index is 12.8. The van der Waals surface area contributed by atoms with E-state index < -0.39 is 0 Å². The van der Waals surface area contributed by atoms with Crippen molar-refractivity contribution in [3.05, 3.63) is 51.3 Å². The lowest BCUT2D eigenvalue weighted by Gasteiger charge is -2.31. The van der Waals surface area contributed by atoms with Crippen LogP contribution in [0.2, 0.25) is 10.2 Å². The SMILES string of the molecule is CCOC(=O)N1CCC(NC(=O)c2c(C)nn(Cc3ccccc3Cl)c2Cl)CC1.